The smallest absolute Gasteiger partial charge is 0.242 e. The predicted molar refractivity (Wildman–Crippen MR) is 110 cm³/mol. The topological polar surface area (TPSA) is 99.1 Å². The number of carbonyl (C=O) groups is 1. The number of rotatable bonds is 5. The number of nitrogens with one attached hydrogen (secondary N) is 2. The monoisotopic (exact) mass is 403 g/mol. The van der Waals surface area contributed by atoms with E-state index in [0.717, 1.165) is 17.5 Å². The van der Waals surface area contributed by atoms with Gasteiger partial charge in [0.25, 0.3) is 0 Å². The lowest BCUT2D eigenvalue weighted by molar-refractivity contribution is -0.115. The highest BCUT2D eigenvalue weighted by Crippen LogP contribution is 2.37. The molecule has 3 aromatic rings. The number of hydrogen-bond acceptors (Lipinski definition) is 4. The van der Waals surface area contributed by atoms with Crippen LogP contribution in [0.3, 0.4) is 0 Å². The van der Waals surface area contributed by atoms with Gasteiger partial charge in [-0.3, -0.25) is 4.79 Å². The Bertz CT molecular complexity index is 1260. The zero-order chi connectivity index (χ0) is 20.4. The first-order valence-corrected chi connectivity index (χ1v) is 10.5. The van der Waals surface area contributed by atoms with Gasteiger partial charge < -0.3 is 5.32 Å². The molecular formula is C22H17N3O3S. The van der Waals surface area contributed by atoms with Crippen LogP contribution >= 0.6 is 0 Å². The van der Waals surface area contributed by atoms with E-state index < -0.39 is 22.5 Å². The summed E-state index contributed by atoms with van der Waals surface area (Å²) in [6.45, 7) is -0.435. The Labute approximate surface area is 168 Å². The average Bonchev–Trinajstić information content (AvgIpc) is 3.10. The third-order valence-corrected chi connectivity index (χ3v) is 6.26. The van der Waals surface area contributed by atoms with Crippen LogP contribution in [0.1, 0.15) is 16.7 Å². The SMILES string of the molecule is N#Cc1ccccc1S(=O)(=O)NCC(=O)Nc1ccc2c(c1)-c1ccccc1C2. The van der Waals surface area contributed by atoms with Crippen molar-refractivity contribution >= 4 is 21.6 Å². The van der Waals surface area contributed by atoms with Crippen molar-refractivity contribution < 1.29 is 13.2 Å². The zero-order valence-electron chi connectivity index (χ0n) is 15.3. The molecule has 0 spiro atoms. The Morgan fingerprint density at radius 3 is 2.52 bits per heavy atom. The lowest BCUT2D eigenvalue weighted by Crippen LogP contribution is -2.33. The molecule has 7 heteroatoms. The molecular weight excluding hydrogens is 386 g/mol. The van der Waals surface area contributed by atoms with Crippen molar-refractivity contribution in [3.63, 3.8) is 0 Å². The van der Waals surface area contributed by atoms with E-state index in [1.807, 2.05) is 42.5 Å². The lowest BCUT2D eigenvalue weighted by Gasteiger charge is -2.10. The number of sulfonamides is 1. The number of carbonyl (C=O) groups excluding carboxylic acids is 1. The second-order valence-corrected chi connectivity index (χ2v) is 8.42. The van der Waals surface area contributed by atoms with Crippen LogP contribution in [0.4, 0.5) is 5.69 Å². The van der Waals surface area contributed by atoms with Gasteiger partial charge in [-0.15, -0.1) is 0 Å². The molecule has 0 fully saturated rings. The van der Waals surface area contributed by atoms with E-state index in [9.17, 15) is 13.2 Å². The Morgan fingerprint density at radius 1 is 0.966 bits per heavy atom. The number of hydrogen-bond donors (Lipinski definition) is 2. The van der Waals surface area contributed by atoms with E-state index >= 15 is 0 Å². The summed E-state index contributed by atoms with van der Waals surface area (Å²) in [5, 5.41) is 11.8. The summed E-state index contributed by atoms with van der Waals surface area (Å²) in [4.78, 5) is 12.1. The third kappa shape index (κ3) is 3.76. The molecule has 1 amide bonds. The molecule has 29 heavy (non-hydrogen) atoms. The molecule has 0 atom stereocenters. The van der Waals surface area contributed by atoms with Gasteiger partial charge in [0.2, 0.25) is 15.9 Å². The van der Waals surface area contributed by atoms with Crippen molar-refractivity contribution in [2.75, 3.05) is 11.9 Å². The standard InChI is InChI=1S/C22H17N3O3S/c23-13-17-6-2-4-8-21(17)29(27,28)24-14-22(26)25-18-10-9-16-11-15-5-1-3-7-19(15)20(16)12-18/h1-10,12,24H,11,14H2,(H,25,26). The molecule has 144 valence electrons. The molecule has 0 saturated heterocycles. The second kappa shape index (κ2) is 7.51. The maximum Gasteiger partial charge on any atom is 0.242 e. The largest absolute Gasteiger partial charge is 0.325 e. The molecule has 0 aromatic heterocycles. The number of benzene rings is 3. The Balaban J connectivity index is 1.46. The maximum absolute atomic E-state index is 12.4. The van der Waals surface area contributed by atoms with Crippen LogP contribution in [-0.4, -0.2) is 20.9 Å². The van der Waals surface area contributed by atoms with Crippen molar-refractivity contribution in [1.29, 1.82) is 5.26 Å². The minimum absolute atomic E-state index is 0.0256. The first-order chi connectivity index (χ1) is 14.0. The number of fused-ring (bicyclic) bond motifs is 3. The van der Waals surface area contributed by atoms with E-state index in [4.69, 9.17) is 5.26 Å². The molecule has 3 aromatic carbocycles. The number of anilines is 1. The van der Waals surface area contributed by atoms with E-state index in [1.165, 1.54) is 29.3 Å². The molecule has 4 rings (SSSR count). The molecule has 0 unspecified atom stereocenters. The van der Waals surface area contributed by atoms with E-state index in [0.29, 0.717) is 5.69 Å². The molecule has 0 heterocycles. The highest BCUT2D eigenvalue weighted by molar-refractivity contribution is 7.89. The minimum atomic E-state index is -3.97. The van der Waals surface area contributed by atoms with Crippen molar-refractivity contribution in [2.24, 2.45) is 0 Å². The molecule has 2 N–H and O–H groups in total. The maximum atomic E-state index is 12.4. The Kier molecular flexibility index (Phi) is 4.89. The van der Waals surface area contributed by atoms with Crippen molar-refractivity contribution in [1.82, 2.24) is 4.72 Å². The second-order valence-electron chi connectivity index (χ2n) is 6.69. The quantitative estimate of drug-likeness (QED) is 0.535. The molecule has 6 nitrogen and oxygen atoms in total. The van der Waals surface area contributed by atoms with Crippen molar-refractivity contribution in [2.45, 2.75) is 11.3 Å². The van der Waals surface area contributed by atoms with Crippen LogP contribution in [0.25, 0.3) is 11.1 Å². The summed E-state index contributed by atoms with van der Waals surface area (Å²) in [6.07, 6.45) is 0.859. The van der Waals surface area contributed by atoms with Crippen LogP contribution < -0.4 is 10.0 Å². The van der Waals surface area contributed by atoms with Gasteiger partial charge in [-0.1, -0.05) is 42.5 Å². The van der Waals surface area contributed by atoms with Gasteiger partial charge in [0.1, 0.15) is 6.07 Å². The van der Waals surface area contributed by atoms with Gasteiger partial charge >= 0.3 is 0 Å². The van der Waals surface area contributed by atoms with Crippen LogP contribution in [0.15, 0.2) is 71.6 Å². The number of amides is 1. The van der Waals surface area contributed by atoms with Crippen LogP contribution in [0.5, 0.6) is 0 Å². The summed E-state index contributed by atoms with van der Waals surface area (Å²) in [6, 6.07) is 21.5. The predicted octanol–water partition coefficient (Wildman–Crippen LogP) is 3.05. The van der Waals surface area contributed by atoms with E-state index in [1.54, 1.807) is 6.07 Å². The molecule has 0 aliphatic heterocycles. The highest BCUT2D eigenvalue weighted by Gasteiger charge is 2.20. The fourth-order valence-electron chi connectivity index (χ4n) is 3.44. The Hall–Kier alpha value is -3.47. The van der Waals surface area contributed by atoms with Gasteiger partial charge in [0.15, 0.2) is 0 Å². The number of nitrogens with zero attached hydrogens (tertiary/aromatic N) is 1. The fraction of sp³-hybridized carbons (Fsp3) is 0.0909. The molecule has 0 bridgehead atoms. The first-order valence-electron chi connectivity index (χ1n) is 8.98. The van der Waals surface area contributed by atoms with E-state index in [2.05, 4.69) is 16.1 Å². The summed E-state index contributed by atoms with van der Waals surface area (Å²) < 4.78 is 27.1. The van der Waals surface area contributed by atoms with E-state index in [-0.39, 0.29) is 10.5 Å². The zero-order valence-corrected chi connectivity index (χ0v) is 16.2. The van der Waals surface area contributed by atoms with Crippen LogP contribution in [0.2, 0.25) is 0 Å². The fourth-order valence-corrected chi connectivity index (χ4v) is 4.58. The van der Waals surface area contributed by atoms with Gasteiger partial charge in [0.05, 0.1) is 17.0 Å². The molecule has 1 aliphatic rings. The van der Waals surface area contributed by atoms with Gasteiger partial charge in [-0.2, -0.15) is 5.26 Å². The summed E-state index contributed by atoms with van der Waals surface area (Å²) >= 11 is 0. The normalized spacial score (nSPS) is 12.0. The van der Waals surface area contributed by atoms with Crippen LogP contribution in [-0.2, 0) is 21.2 Å². The lowest BCUT2D eigenvalue weighted by atomic mass is 10.1. The number of nitriles is 1. The third-order valence-electron chi connectivity index (χ3n) is 4.80. The van der Waals surface area contributed by atoms with Gasteiger partial charge in [-0.05, 0) is 52.9 Å². The minimum Gasteiger partial charge on any atom is -0.325 e. The highest BCUT2D eigenvalue weighted by atomic mass is 32.2. The average molecular weight is 403 g/mol. The summed E-state index contributed by atoms with van der Waals surface area (Å²) in [5.74, 6) is -0.491. The summed E-state index contributed by atoms with van der Waals surface area (Å²) in [7, 11) is -3.97. The molecule has 0 saturated carbocycles. The molecule has 1 aliphatic carbocycles. The molecule has 0 radical (unpaired) electrons. The van der Waals surface area contributed by atoms with Crippen molar-refractivity contribution in [3.05, 3.63) is 83.4 Å². The Morgan fingerprint density at radius 2 is 1.69 bits per heavy atom. The summed E-state index contributed by atoms with van der Waals surface area (Å²) in [5.41, 5.74) is 5.28. The van der Waals surface area contributed by atoms with Gasteiger partial charge in [0, 0.05) is 5.69 Å². The van der Waals surface area contributed by atoms with Crippen molar-refractivity contribution in [3.8, 4) is 17.2 Å². The van der Waals surface area contributed by atoms with Crippen LogP contribution in [0, 0.1) is 11.3 Å². The van der Waals surface area contributed by atoms with Gasteiger partial charge in [-0.25, -0.2) is 13.1 Å². The first kappa shape index (κ1) is 18.9.